The molecule has 3 atom stereocenters. The molecule has 20 heavy (non-hydrogen) atoms. The van der Waals surface area contributed by atoms with Gasteiger partial charge in [-0.2, -0.15) is 0 Å². The van der Waals surface area contributed by atoms with E-state index in [1.165, 1.54) is 0 Å². The fraction of sp³-hybridized carbons (Fsp3) is 0.467. The van der Waals surface area contributed by atoms with Gasteiger partial charge in [-0.3, -0.25) is 4.79 Å². The number of rotatable bonds is 3. The maximum atomic E-state index is 12.4. The molecule has 1 aromatic rings. The van der Waals surface area contributed by atoms with Gasteiger partial charge in [-0.25, -0.2) is 4.79 Å². The summed E-state index contributed by atoms with van der Waals surface area (Å²) >= 11 is 3.40. The molecule has 0 aromatic heterocycles. The highest BCUT2D eigenvalue weighted by atomic mass is 79.9. The van der Waals surface area contributed by atoms with Crippen LogP contribution in [-0.2, 0) is 9.59 Å². The standard InChI is InChI=1S/C15H16BrNO3/c16-10-5-3-9(4-6-10)11-8-12(11)14(18)17-7-1-2-13(17)15(19)20/h3-6,11-13H,1-2,7-8H2,(H,19,20)/t11-,12+,13-/m1/s1. The van der Waals surface area contributed by atoms with Crippen molar-refractivity contribution in [3.8, 4) is 0 Å². The van der Waals surface area contributed by atoms with Crippen LogP contribution < -0.4 is 0 Å². The number of benzene rings is 1. The number of carbonyl (C=O) groups is 2. The average Bonchev–Trinajstić information content (AvgIpc) is 3.06. The normalized spacial score (nSPS) is 28.4. The van der Waals surface area contributed by atoms with Crippen molar-refractivity contribution in [2.24, 2.45) is 5.92 Å². The molecule has 5 heteroatoms. The summed E-state index contributed by atoms with van der Waals surface area (Å²) in [5, 5.41) is 9.15. The Morgan fingerprint density at radius 1 is 1.25 bits per heavy atom. The molecule has 0 spiro atoms. The minimum absolute atomic E-state index is 0.0165. The van der Waals surface area contributed by atoms with Gasteiger partial charge in [-0.1, -0.05) is 28.1 Å². The third kappa shape index (κ3) is 2.46. The van der Waals surface area contributed by atoms with Crippen LogP contribution in [-0.4, -0.2) is 34.5 Å². The Bertz CT molecular complexity index is 543. The van der Waals surface area contributed by atoms with Crippen LogP contribution in [0.4, 0.5) is 0 Å². The second kappa shape index (κ2) is 5.20. The first-order valence-electron chi connectivity index (χ1n) is 6.86. The van der Waals surface area contributed by atoms with Gasteiger partial charge in [0.2, 0.25) is 5.91 Å². The second-order valence-corrected chi connectivity index (χ2v) is 6.44. The number of halogens is 1. The van der Waals surface area contributed by atoms with Crippen LogP contribution in [0, 0.1) is 5.92 Å². The van der Waals surface area contributed by atoms with Gasteiger partial charge in [0.15, 0.2) is 0 Å². The first-order valence-corrected chi connectivity index (χ1v) is 7.66. The fourth-order valence-corrected chi connectivity index (χ4v) is 3.31. The van der Waals surface area contributed by atoms with Crippen LogP contribution in [0.5, 0.6) is 0 Å². The lowest BCUT2D eigenvalue weighted by molar-refractivity contribution is -0.148. The molecule has 4 nitrogen and oxygen atoms in total. The zero-order valence-electron chi connectivity index (χ0n) is 11.0. The van der Waals surface area contributed by atoms with Crippen molar-refractivity contribution >= 4 is 27.8 Å². The zero-order chi connectivity index (χ0) is 14.3. The van der Waals surface area contributed by atoms with Crippen molar-refractivity contribution in [3.63, 3.8) is 0 Å². The van der Waals surface area contributed by atoms with E-state index in [2.05, 4.69) is 15.9 Å². The molecule has 2 aliphatic rings. The van der Waals surface area contributed by atoms with Gasteiger partial charge in [0.05, 0.1) is 0 Å². The van der Waals surface area contributed by atoms with Crippen molar-refractivity contribution in [1.82, 2.24) is 4.90 Å². The van der Waals surface area contributed by atoms with Crippen molar-refractivity contribution < 1.29 is 14.7 Å². The minimum Gasteiger partial charge on any atom is -0.480 e. The van der Waals surface area contributed by atoms with E-state index in [1.807, 2.05) is 24.3 Å². The van der Waals surface area contributed by atoms with Gasteiger partial charge in [0.1, 0.15) is 6.04 Å². The summed E-state index contributed by atoms with van der Waals surface area (Å²) in [6, 6.07) is 7.39. The molecule has 1 saturated heterocycles. The molecule has 1 saturated carbocycles. The van der Waals surface area contributed by atoms with Gasteiger partial charge in [0.25, 0.3) is 0 Å². The number of hydrogen-bond donors (Lipinski definition) is 1. The molecular weight excluding hydrogens is 322 g/mol. The van der Waals surface area contributed by atoms with Crippen molar-refractivity contribution in [1.29, 1.82) is 0 Å². The number of amides is 1. The van der Waals surface area contributed by atoms with E-state index in [0.29, 0.717) is 13.0 Å². The molecule has 0 bridgehead atoms. The Hall–Kier alpha value is -1.36. The summed E-state index contributed by atoms with van der Waals surface area (Å²) in [6.07, 6.45) is 2.21. The lowest BCUT2D eigenvalue weighted by Crippen LogP contribution is -2.41. The van der Waals surface area contributed by atoms with Crippen molar-refractivity contribution in [3.05, 3.63) is 34.3 Å². The third-order valence-electron chi connectivity index (χ3n) is 4.23. The SMILES string of the molecule is O=C(O)[C@H]1CCCN1C(=O)[C@H]1C[C@@H]1c1ccc(Br)cc1. The molecule has 1 heterocycles. The number of hydrogen-bond acceptors (Lipinski definition) is 2. The molecule has 1 aliphatic heterocycles. The number of carboxylic acids is 1. The van der Waals surface area contributed by atoms with E-state index in [1.54, 1.807) is 4.90 Å². The van der Waals surface area contributed by atoms with Crippen LogP contribution in [0.1, 0.15) is 30.7 Å². The summed E-state index contributed by atoms with van der Waals surface area (Å²) in [5.41, 5.74) is 1.16. The molecule has 106 valence electrons. The lowest BCUT2D eigenvalue weighted by atomic mass is 10.1. The van der Waals surface area contributed by atoms with Gasteiger partial charge < -0.3 is 10.0 Å². The van der Waals surface area contributed by atoms with Crippen LogP contribution >= 0.6 is 15.9 Å². The highest BCUT2D eigenvalue weighted by Gasteiger charge is 2.48. The van der Waals surface area contributed by atoms with Gasteiger partial charge in [-0.05, 0) is 42.9 Å². The fourth-order valence-electron chi connectivity index (χ4n) is 3.05. The molecule has 1 aromatic carbocycles. The first-order chi connectivity index (χ1) is 9.58. The predicted molar refractivity (Wildman–Crippen MR) is 77.4 cm³/mol. The highest BCUT2D eigenvalue weighted by Crippen LogP contribution is 2.49. The van der Waals surface area contributed by atoms with Gasteiger partial charge in [0, 0.05) is 16.9 Å². The Morgan fingerprint density at radius 3 is 2.60 bits per heavy atom. The van der Waals surface area contributed by atoms with Gasteiger partial charge in [-0.15, -0.1) is 0 Å². The number of nitrogens with zero attached hydrogens (tertiary/aromatic N) is 1. The molecular formula is C15H16BrNO3. The van der Waals surface area contributed by atoms with E-state index < -0.39 is 12.0 Å². The van der Waals surface area contributed by atoms with E-state index in [4.69, 9.17) is 5.11 Å². The summed E-state index contributed by atoms with van der Waals surface area (Å²) in [6.45, 7) is 0.583. The Morgan fingerprint density at radius 2 is 1.95 bits per heavy atom. The highest BCUT2D eigenvalue weighted by molar-refractivity contribution is 9.10. The smallest absolute Gasteiger partial charge is 0.326 e. The summed E-state index contributed by atoms with van der Waals surface area (Å²) < 4.78 is 1.02. The predicted octanol–water partition coefficient (Wildman–Crippen LogP) is 2.63. The van der Waals surface area contributed by atoms with Crippen LogP contribution in [0.2, 0.25) is 0 Å². The molecule has 1 amide bonds. The molecule has 0 unspecified atom stereocenters. The molecule has 0 radical (unpaired) electrons. The zero-order valence-corrected chi connectivity index (χ0v) is 12.5. The van der Waals surface area contributed by atoms with E-state index >= 15 is 0 Å². The quantitative estimate of drug-likeness (QED) is 0.922. The monoisotopic (exact) mass is 337 g/mol. The molecule has 2 fully saturated rings. The van der Waals surface area contributed by atoms with E-state index in [-0.39, 0.29) is 17.7 Å². The van der Waals surface area contributed by atoms with Crippen LogP contribution in [0.15, 0.2) is 28.7 Å². The van der Waals surface area contributed by atoms with Crippen molar-refractivity contribution in [2.45, 2.75) is 31.2 Å². The third-order valence-corrected chi connectivity index (χ3v) is 4.76. The number of likely N-dealkylation sites (tertiary alicyclic amines) is 1. The topological polar surface area (TPSA) is 57.6 Å². The number of carboxylic acid groups (broad SMARTS) is 1. The summed E-state index contributed by atoms with van der Waals surface area (Å²) in [5.74, 6) is -0.638. The van der Waals surface area contributed by atoms with E-state index in [0.717, 1.165) is 22.9 Å². The molecule has 1 N–H and O–H groups in total. The van der Waals surface area contributed by atoms with Crippen LogP contribution in [0.25, 0.3) is 0 Å². The Kier molecular flexibility index (Phi) is 3.54. The van der Waals surface area contributed by atoms with E-state index in [9.17, 15) is 9.59 Å². The lowest BCUT2D eigenvalue weighted by Gasteiger charge is -2.21. The second-order valence-electron chi connectivity index (χ2n) is 5.53. The molecule has 3 rings (SSSR count). The van der Waals surface area contributed by atoms with Gasteiger partial charge >= 0.3 is 5.97 Å². The largest absolute Gasteiger partial charge is 0.480 e. The summed E-state index contributed by atoms with van der Waals surface area (Å²) in [7, 11) is 0. The summed E-state index contributed by atoms with van der Waals surface area (Å²) in [4.78, 5) is 25.1. The van der Waals surface area contributed by atoms with Crippen molar-refractivity contribution in [2.75, 3.05) is 6.54 Å². The van der Waals surface area contributed by atoms with Crippen LogP contribution in [0.3, 0.4) is 0 Å². The number of carbonyl (C=O) groups excluding carboxylic acids is 1. The Balaban J connectivity index is 1.68. The first kappa shape index (κ1) is 13.6. The molecule has 1 aliphatic carbocycles. The number of aliphatic carboxylic acids is 1. The minimum atomic E-state index is -0.878. The Labute approximate surface area is 125 Å². The maximum absolute atomic E-state index is 12.4. The average molecular weight is 338 g/mol. The maximum Gasteiger partial charge on any atom is 0.326 e.